The summed E-state index contributed by atoms with van der Waals surface area (Å²) in [5, 5.41) is 15.9. The second-order valence-electron chi connectivity index (χ2n) is 23.4. The van der Waals surface area contributed by atoms with E-state index in [9.17, 15) is 64.8 Å². The van der Waals surface area contributed by atoms with E-state index in [0.717, 1.165) is 46.9 Å². The zero-order valence-corrected chi connectivity index (χ0v) is 59.2. The molecule has 101 heavy (non-hydrogen) atoms. The van der Waals surface area contributed by atoms with Gasteiger partial charge in [0.1, 0.15) is 42.1 Å². The number of amidine groups is 1. The number of benzene rings is 4. The van der Waals surface area contributed by atoms with Crippen LogP contribution in [0.1, 0.15) is 104 Å². The number of thiophene rings is 3. The Bertz CT molecular complexity index is 5000. The molecule has 0 bridgehead atoms. The van der Waals surface area contributed by atoms with Crippen LogP contribution in [0.3, 0.4) is 0 Å². The molecule has 9 aromatic rings. The molecule has 5 aromatic heterocycles. The molecule has 8 heterocycles. The van der Waals surface area contributed by atoms with E-state index >= 15 is 0 Å². The lowest BCUT2D eigenvalue weighted by Gasteiger charge is -2.24. The number of aromatic nitrogens is 2. The predicted molar refractivity (Wildman–Crippen MR) is 381 cm³/mol. The Hall–Kier alpha value is -8.76. The van der Waals surface area contributed by atoms with E-state index < -0.39 is 67.9 Å². The third-order valence-corrected chi connectivity index (χ3v) is 25.7. The van der Waals surface area contributed by atoms with Crippen LogP contribution in [0, 0.1) is 20.8 Å². The number of unbranched alkanes of at least 4 members (excludes halogenated alkanes) is 3. The molecule has 33 heteroatoms. The number of aryl methyl sites for hydroxylation is 3. The molecule has 534 valence electrons. The molecule has 0 radical (unpaired) electrons. The Balaban J connectivity index is 0.000000163. The van der Waals surface area contributed by atoms with Crippen LogP contribution in [0.2, 0.25) is 0 Å². The minimum absolute atomic E-state index is 0.0292. The van der Waals surface area contributed by atoms with E-state index in [1.807, 2.05) is 93.6 Å². The molecule has 18 nitrogen and oxygen atoms in total. The number of rotatable bonds is 24. The lowest BCUT2D eigenvalue weighted by atomic mass is 10.2. The van der Waals surface area contributed by atoms with E-state index in [-0.39, 0.29) is 72.8 Å². The molecule has 0 amide bonds. The van der Waals surface area contributed by atoms with Gasteiger partial charge in [0, 0.05) is 83.6 Å². The van der Waals surface area contributed by atoms with Crippen molar-refractivity contribution in [3.63, 3.8) is 0 Å². The van der Waals surface area contributed by atoms with Crippen molar-refractivity contribution in [2.45, 2.75) is 125 Å². The average Bonchev–Trinajstić information content (AvgIpc) is 1.69. The fourth-order valence-electron chi connectivity index (χ4n) is 10.9. The van der Waals surface area contributed by atoms with Gasteiger partial charge in [-0.1, -0.05) is 72.9 Å². The van der Waals surface area contributed by atoms with Crippen LogP contribution in [0.15, 0.2) is 193 Å². The van der Waals surface area contributed by atoms with Crippen LogP contribution < -0.4 is 23.8 Å². The number of alkyl halides is 9. The molecule has 12 rings (SSSR count). The van der Waals surface area contributed by atoms with Crippen molar-refractivity contribution in [3.8, 4) is 0 Å². The van der Waals surface area contributed by atoms with E-state index in [1.165, 1.54) is 89.7 Å². The SMILES string of the molecule is C=C1CC(c2ccc(S(=O)(=O)N(CCCCC(F)(F)F)c3sc4ccccc4c3C)cn2)=NO1.C=C1N=C(c2ccc(S(=O)(=O)N(CCCCC(F)(F)F)c3sc4ccccc4c3C)cc2)NN1.Cc1c(N(CCCCC(F)(F)F)S(=O)(=O)c2ccc(C3=NN=CC3)nc2)sc2ccccc12. The second kappa shape index (κ2) is 31.2. The maximum atomic E-state index is 13.7. The Morgan fingerprint density at radius 2 is 0.881 bits per heavy atom. The number of fused-ring (bicyclic) bond motifs is 3. The number of hydrogen-bond acceptors (Lipinski definition) is 18. The number of aliphatic imine (C=N–C) groups is 1. The zero-order valence-electron chi connectivity index (χ0n) is 54.3. The summed E-state index contributed by atoms with van der Waals surface area (Å²) < 4.78 is 202. The summed E-state index contributed by atoms with van der Waals surface area (Å²) >= 11 is 3.93. The molecule has 3 aliphatic rings. The number of nitrogens with one attached hydrogen (secondary N) is 2. The molecule has 0 saturated carbocycles. The summed E-state index contributed by atoms with van der Waals surface area (Å²) in [6, 6.07) is 34.7. The van der Waals surface area contributed by atoms with Gasteiger partial charge in [-0.3, -0.25) is 33.7 Å². The Morgan fingerprint density at radius 1 is 0.495 bits per heavy atom. The first-order chi connectivity index (χ1) is 47.8. The number of allylic oxidation sites excluding steroid dienone is 1. The molecule has 3 aliphatic heterocycles. The topological polar surface area (TPSA) is 221 Å². The van der Waals surface area contributed by atoms with Gasteiger partial charge in [-0.05, 0) is 159 Å². The number of oxime groups is 1. The normalized spacial score (nSPS) is 14.2. The van der Waals surface area contributed by atoms with Crippen molar-refractivity contribution in [1.29, 1.82) is 0 Å². The monoisotopic (exact) mass is 1510 g/mol. The number of hydrogen-bond donors (Lipinski definition) is 2. The Labute approximate surface area is 589 Å². The standard InChI is InChI=1S/C23H23F3N4O2S2.C23H22F3N3O3S2.C22H21F3N4O2S2/c1-15-19-7-3-4-8-20(19)33-22(15)30(14-6-5-13-23(24,25)26)34(31,32)18-11-9-17(10-12-18)21-27-16(2)28-29-21;1-15-13-20(28-32-15)19-10-9-17(14-27-19)34(30,31)29(12-6-5-11-23(24,25)26)22-16(2)18-7-3-4-8-21(18)33-22;1-15-17-6-2-3-7-20(17)32-21(15)29(13-5-4-11-22(23,24)25)33(30,31)16-8-9-18(26-14-16)19-10-12-27-28-19/h3-4,7-12,28H,2,5-6,13-14H2,1H3,(H,27,29);3-4,7-10,14H,1,5-6,11-13H2,2H3;2-3,6-9,12,14H,4-5,10-11,13H2,1H3. The van der Waals surface area contributed by atoms with Gasteiger partial charge in [0.05, 0.1) is 28.4 Å². The van der Waals surface area contributed by atoms with Gasteiger partial charge in [0.25, 0.3) is 30.1 Å². The molecule has 0 saturated heterocycles. The van der Waals surface area contributed by atoms with Crippen molar-refractivity contribution >= 4 is 133 Å². The average molecular weight is 1510 g/mol. The molecular formula is C68H66F9N11O7S6. The molecule has 0 unspecified atom stereocenters. The summed E-state index contributed by atoms with van der Waals surface area (Å²) in [6.07, 6.45) is -10.9. The Kier molecular flexibility index (Phi) is 23.2. The lowest BCUT2D eigenvalue weighted by molar-refractivity contribution is -0.136. The van der Waals surface area contributed by atoms with Crippen LogP contribution in [-0.2, 0) is 34.9 Å². The molecule has 0 atom stereocenters. The first-order valence-corrected chi connectivity index (χ1v) is 38.1. The van der Waals surface area contributed by atoms with Crippen LogP contribution in [0.5, 0.6) is 0 Å². The lowest BCUT2D eigenvalue weighted by Crippen LogP contribution is -2.32. The summed E-state index contributed by atoms with van der Waals surface area (Å²) in [7, 11) is -12.2. The third-order valence-electron chi connectivity index (χ3n) is 16.1. The molecule has 0 fully saturated rings. The smallest absolute Gasteiger partial charge is 0.361 e. The van der Waals surface area contributed by atoms with E-state index in [0.29, 0.717) is 73.6 Å². The molecular weight excluding hydrogens is 1450 g/mol. The van der Waals surface area contributed by atoms with E-state index in [1.54, 1.807) is 24.4 Å². The highest BCUT2D eigenvalue weighted by atomic mass is 32.2. The van der Waals surface area contributed by atoms with Crippen molar-refractivity contribution in [2.24, 2.45) is 20.4 Å². The highest BCUT2D eigenvalue weighted by Gasteiger charge is 2.35. The molecule has 0 aliphatic carbocycles. The minimum Gasteiger partial charge on any atom is -0.361 e. The highest BCUT2D eigenvalue weighted by molar-refractivity contribution is 7.93. The number of sulfonamides is 3. The summed E-state index contributed by atoms with van der Waals surface area (Å²) in [5.41, 5.74) is 10.8. The number of halogens is 9. The summed E-state index contributed by atoms with van der Waals surface area (Å²) in [5.74, 6) is 1.43. The minimum atomic E-state index is -4.28. The number of nitrogens with zero attached hydrogens (tertiary/aromatic N) is 9. The second-order valence-corrected chi connectivity index (χ2v) is 32.0. The molecule has 0 spiro atoms. The van der Waals surface area contributed by atoms with Gasteiger partial charge in [-0.25, -0.2) is 30.2 Å². The quantitative estimate of drug-likeness (QED) is 0.0428. The number of anilines is 3. The first kappa shape index (κ1) is 74.9. The van der Waals surface area contributed by atoms with Crippen molar-refractivity contribution < 1.29 is 69.6 Å². The van der Waals surface area contributed by atoms with E-state index in [2.05, 4.69) is 54.3 Å². The first-order valence-electron chi connectivity index (χ1n) is 31.3. The van der Waals surface area contributed by atoms with Crippen LogP contribution in [-0.4, -0.2) is 96.9 Å². The van der Waals surface area contributed by atoms with E-state index in [4.69, 9.17) is 4.84 Å². The molecule has 4 aromatic carbocycles. The largest absolute Gasteiger partial charge is 0.389 e. The van der Waals surface area contributed by atoms with Gasteiger partial charge in [-0.15, -0.1) is 34.0 Å². The fourth-order valence-corrected chi connectivity index (χ4v) is 19.8. The summed E-state index contributed by atoms with van der Waals surface area (Å²) in [6.45, 7) is 12.7. The van der Waals surface area contributed by atoms with Crippen LogP contribution >= 0.6 is 34.0 Å². The highest BCUT2D eigenvalue weighted by Crippen LogP contribution is 2.44. The number of pyridine rings is 2. The van der Waals surface area contributed by atoms with Crippen LogP contribution in [0.25, 0.3) is 30.3 Å². The van der Waals surface area contributed by atoms with Gasteiger partial charge < -0.3 is 4.84 Å². The summed E-state index contributed by atoms with van der Waals surface area (Å²) in [4.78, 5) is 17.6. The predicted octanol–water partition coefficient (Wildman–Crippen LogP) is 17.3. The maximum Gasteiger partial charge on any atom is 0.389 e. The van der Waals surface area contributed by atoms with Gasteiger partial charge >= 0.3 is 18.5 Å². The zero-order chi connectivity index (χ0) is 72.7. The maximum absolute atomic E-state index is 13.7. The molecule has 2 N–H and O–H groups in total. The van der Waals surface area contributed by atoms with Gasteiger partial charge in [0.15, 0.2) is 5.84 Å². The van der Waals surface area contributed by atoms with Crippen molar-refractivity contribution in [3.05, 3.63) is 192 Å². The van der Waals surface area contributed by atoms with Gasteiger partial charge in [-0.2, -0.15) is 49.7 Å². The van der Waals surface area contributed by atoms with Gasteiger partial charge in [0.2, 0.25) is 0 Å². The Morgan fingerprint density at radius 3 is 1.21 bits per heavy atom. The third kappa shape index (κ3) is 18.3. The van der Waals surface area contributed by atoms with Crippen LogP contribution in [0.4, 0.5) is 54.5 Å². The van der Waals surface area contributed by atoms with Crippen molar-refractivity contribution in [1.82, 2.24) is 20.8 Å². The van der Waals surface area contributed by atoms with Crippen molar-refractivity contribution in [2.75, 3.05) is 32.5 Å². The number of hydrazine groups is 1. The fraction of sp³-hybridized carbons (Fsp3) is 0.294.